The fourth-order valence-electron chi connectivity index (χ4n) is 3.42. The van der Waals surface area contributed by atoms with Gasteiger partial charge in [-0.3, -0.25) is 0 Å². The molecule has 0 spiro atoms. The first-order valence-electron chi connectivity index (χ1n) is 7.72. The van der Waals surface area contributed by atoms with Gasteiger partial charge in [-0.2, -0.15) is 0 Å². The van der Waals surface area contributed by atoms with E-state index in [1.807, 2.05) is 18.5 Å². The Morgan fingerprint density at radius 1 is 0.950 bits per heavy atom. The molecule has 2 aromatic rings. The van der Waals surface area contributed by atoms with Crippen molar-refractivity contribution in [3.8, 4) is 11.4 Å². The lowest BCUT2D eigenvalue weighted by molar-refractivity contribution is 0.316. The summed E-state index contributed by atoms with van der Waals surface area (Å²) in [4.78, 5) is 8.85. The third kappa shape index (κ3) is 2.74. The third-order valence-electron chi connectivity index (χ3n) is 4.61. The SMILES string of the molecule is CC(c1ccccc1-c1ncccn1)C1CCCCC1. The van der Waals surface area contributed by atoms with Gasteiger partial charge in [0.15, 0.2) is 5.82 Å². The van der Waals surface area contributed by atoms with Gasteiger partial charge >= 0.3 is 0 Å². The van der Waals surface area contributed by atoms with Crippen LogP contribution in [0.1, 0.15) is 50.5 Å². The Bertz CT molecular complexity index is 544. The van der Waals surface area contributed by atoms with Crippen LogP contribution in [0.4, 0.5) is 0 Å². The highest BCUT2D eigenvalue weighted by Gasteiger charge is 2.23. The molecule has 0 radical (unpaired) electrons. The number of rotatable bonds is 3. The Labute approximate surface area is 121 Å². The first kappa shape index (κ1) is 13.3. The van der Waals surface area contributed by atoms with Crippen molar-refractivity contribution in [2.75, 3.05) is 0 Å². The number of benzene rings is 1. The molecule has 1 saturated carbocycles. The zero-order chi connectivity index (χ0) is 13.8. The lowest BCUT2D eigenvalue weighted by atomic mass is 9.76. The van der Waals surface area contributed by atoms with Gasteiger partial charge in [0, 0.05) is 18.0 Å². The van der Waals surface area contributed by atoms with Gasteiger partial charge in [-0.05, 0) is 36.3 Å². The minimum absolute atomic E-state index is 0.593. The largest absolute Gasteiger partial charge is 0.237 e. The van der Waals surface area contributed by atoms with Gasteiger partial charge in [-0.25, -0.2) is 9.97 Å². The van der Waals surface area contributed by atoms with E-state index in [2.05, 4.69) is 41.2 Å². The molecule has 20 heavy (non-hydrogen) atoms. The summed E-state index contributed by atoms with van der Waals surface area (Å²) >= 11 is 0. The summed E-state index contributed by atoms with van der Waals surface area (Å²) in [6.07, 6.45) is 10.6. The molecule has 2 heteroatoms. The third-order valence-corrected chi connectivity index (χ3v) is 4.61. The van der Waals surface area contributed by atoms with Gasteiger partial charge in [0.25, 0.3) is 0 Å². The second kappa shape index (κ2) is 6.17. The van der Waals surface area contributed by atoms with Crippen LogP contribution in [-0.2, 0) is 0 Å². The standard InChI is InChI=1S/C18H22N2/c1-14(15-8-3-2-4-9-15)16-10-5-6-11-17(16)18-19-12-7-13-20-18/h5-7,10-15H,2-4,8-9H2,1H3. The van der Waals surface area contributed by atoms with Crippen LogP contribution >= 0.6 is 0 Å². The van der Waals surface area contributed by atoms with Crippen molar-refractivity contribution in [1.29, 1.82) is 0 Å². The predicted molar refractivity (Wildman–Crippen MR) is 82.5 cm³/mol. The number of nitrogens with zero attached hydrogens (tertiary/aromatic N) is 2. The first-order chi connectivity index (χ1) is 9.86. The Morgan fingerprint density at radius 2 is 1.65 bits per heavy atom. The second-order valence-corrected chi connectivity index (χ2v) is 5.85. The fourth-order valence-corrected chi connectivity index (χ4v) is 3.42. The van der Waals surface area contributed by atoms with Crippen LogP contribution in [0.15, 0.2) is 42.7 Å². The van der Waals surface area contributed by atoms with Gasteiger partial charge in [0.1, 0.15) is 0 Å². The number of aromatic nitrogens is 2. The van der Waals surface area contributed by atoms with Crippen LogP contribution in [0.3, 0.4) is 0 Å². The maximum absolute atomic E-state index is 4.43. The molecule has 1 heterocycles. The Balaban J connectivity index is 1.93. The molecule has 0 saturated heterocycles. The lowest BCUT2D eigenvalue weighted by Crippen LogP contribution is -2.14. The molecule has 0 N–H and O–H groups in total. The second-order valence-electron chi connectivity index (χ2n) is 5.85. The summed E-state index contributed by atoms with van der Waals surface area (Å²) in [6, 6.07) is 10.5. The van der Waals surface area contributed by atoms with Crippen LogP contribution < -0.4 is 0 Å². The molecule has 1 aromatic heterocycles. The maximum atomic E-state index is 4.43. The first-order valence-corrected chi connectivity index (χ1v) is 7.72. The van der Waals surface area contributed by atoms with Crippen molar-refractivity contribution in [2.45, 2.75) is 44.9 Å². The molecule has 1 atom stereocenters. The van der Waals surface area contributed by atoms with Crippen LogP contribution in [0.2, 0.25) is 0 Å². The molecule has 0 aliphatic heterocycles. The predicted octanol–water partition coefficient (Wildman–Crippen LogP) is 4.83. The van der Waals surface area contributed by atoms with E-state index in [1.54, 1.807) is 0 Å². The molecule has 1 aliphatic rings. The van der Waals surface area contributed by atoms with Crippen molar-refractivity contribution in [2.24, 2.45) is 5.92 Å². The number of hydrogen-bond acceptors (Lipinski definition) is 2. The lowest BCUT2D eigenvalue weighted by Gasteiger charge is -2.29. The Hall–Kier alpha value is -1.70. The topological polar surface area (TPSA) is 25.8 Å². The highest BCUT2D eigenvalue weighted by molar-refractivity contribution is 5.60. The zero-order valence-electron chi connectivity index (χ0n) is 12.1. The van der Waals surface area contributed by atoms with Crippen molar-refractivity contribution in [3.05, 3.63) is 48.3 Å². The van der Waals surface area contributed by atoms with Crippen molar-refractivity contribution >= 4 is 0 Å². The molecule has 1 aromatic carbocycles. The van der Waals surface area contributed by atoms with E-state index < -0.39 is 0 Å². The van der Waals surface area contributed by atoms with Gasteiger partial charge in [-0.15, -0.1) is 0 Å². The van der Waals surface area contributed by atoms with E-state index in [1.165, 1.54) is 43.2 Å². The maximum Gasteiger partial charge on any atom is 0.159 e. The van der Waals surface area contributed by atoms with Crippen LogP contribution in [0, 0.1) is 5.92 Å². The van der Waals surface area contributed by atoms with Crippen molar-refractivity contribution < 1.29 is 0 Å². The zero-order valence-corrected chi connectivity index (χ0v) is 12.1. The summed E-state index contributed by atoms with van der Waals surface area (Å²) in [7, 11) is 0. The van der Waals surface area contributed by atoms with Crippen molar-refractivity contribution in [1.82, 2.24) is 9.97 Å². The smallest absolute Gasteiger partial charge is 0.159 e. The van der Waals surface area contributed by atoms with Gasteiger partial charge < -0.3 is 0 Å². The normalized spacial score (nSPS) is 17.9. The van der Waals surface area contributed by atoms with Crippen LogP contribution in [0.5, 0.6) is 0 Å². The van der Waals surface area contributed by atoms with Gasteiger partial charge in [-0.1, -0.05) is 50.5 Å². The summed E-state index contributed by atoms with van der Waals surface area (Å²) in [5.74, 6) is 2.26. The van der Waals surface area contributed by atoms with Crippen LogP contribution in [-0.4, -0.2) is 9.97 Å². The number of hydrogen-bond donors (Lipinski definition) is 0. The molecule has 1 aliphatic carbocycles. The minimum Gasteiger partial charge on any atom is -0.237 e. The molecule has 1 unspecified atom stereocenters. The van der Waals surface area contributed by atoms with E-state index >= 15 is 0 Å². The summed E-state index contributed by atoms with van der Waals surface area (Å²) in [6.45, 7) is 2.37. The van der Waals surface area contributed by atoms with E-state index in [0.717, 1.165) is 11.7 Å². The van der Waals surface area contributed by atoms with Gasteiger partial charge in [0.05, 0.1) is 0 Å². The average molecular weight is 266 g/mol. The molecule has 0 amide bonds. The molecule has 3 rings (SSSR count). The molecule has 0 bridgehead atoms. The molecule has 104 valence electrons. The highest BCUT2D eigenvalue weighted by Crippen LogP contribution is 2.38. The summed E-state index contributed by atoms with van der Waals surface area (Å²) in [5.41, 5.74) is 2.61. The van der Waals surface area contributed by atoms with E-state index in [-0.39, 0.29) is 0 Å². The minimum atomic E-state index is 0.593. The molecule has 1 fully saturated rings. The van der Waals surface area contributed by atoms with E-state index in [0.29, 0.717) is 5.92 Å². The van der Waals surface area contributed by atoms with Crippen LogP contribution in [0.25, 0.3) is 11.4 Å². The Morgan fingerprint density at radius 3 is 2.40 bits per heavy atom. The van der Waals surface area contributed by atoms with Gasteiger partial charge in [0.2, 0.25) is 0 Å². The van der Waals surface area contributed by atoms with Crippen molar-refractivity contribution in [3.63, 3.8) is 0 Å². The van der Waals surface area contributed by atoms with E-state index in [4.69, 9.17) is 0 Å². The molecular weight excluding hydrogens is 244 g/mol. The average Bonchev–Trinajstić information content (AvgIpc) is 2.56. The monoisotopic (exact) mass is 266 g/mol. The molecular formula is C18H22N2. The fraction of sp³-hybridized carbons (Fsp3) is 0.444. The highest BCUT2D eigenvalue weighted by atomic mass is 14.9. The summed E-state index contributed by atoms with van der Waals surface area (Å²) in [5, 5.41) is 0. The summed E-state index contributed by atoms with van der Waals surface area (Å²) < 4.78 is 0. The Kier molecular flexibility index (Phi) is 4.10. The molecule has 2 nitrogen and oxygen atoms in total. The quantitative estimate of drug-likeness (QED) is 0.795. The van der Waals surface area contributed by atoms with E-state index in [9.17, 15) is 0 Å².